The Morgan fingerprint density at radius 3 is 1.37 bits per heavy atom. The second-order valence-corrected chi connectivity index (χ2v) is 17.4. The number of rotatable bonds is 44. The van der Waals surface area contributed by atoms with E-state index in [2.05, 4.69) is 50.3 Å². The number of quaternary nitrogens is 1. The molecule has 0 saturated carbocycles. The first-order valence-corrected chi connectivity index (χ1v) is 24.1. The highest BCUT2D eigenvalue weighted by molar-refractivity contribution is 5.70. The number of nitrogens with zero attached hydrogens (tertiary/aromatic N) is 1. The lowest BCUT2D eigenvalue weighted by Gasteiger charge is -2.26. The molecule has 0 aliphatic carbocycles. The topological polar surface area (TPSA) is 111 Å². The molecule has 0 aliphatic rings. The minimum atomic E-state index is -1.62. The van der Waals surface area contributed by atoms with Crippen LogP contribution in [0.15, 0.2) is 36.5 Å². The molecule has 0 saturated heterocycles. The van der Waals surface area contributed by atoms with Crippen molar-refractivity contribution in [3.63, 3.8) is 0 Å². The van der Waals surface area contributed by atoms with E-state index in [4.69, 9.17) is 18.9 Å². The third-order valence-corrected chi connectivity index (χ3v) is 10.4. The summed E-state index contributed by atoms with van der Waals surface area (Å²) in [6.07, 6.45) is 44.6. The van der Waals surface area contributed by atoms with E-state index in [0.29, 0.717) is 17.4 Å². The number of carbonyl (C=O) groups is 3. The lowest BCUT2D eigenvalue weighted by Crippen LogP contribution is -2.44. The molecule has 59 heavy (non-hydrogen) atoms. The van der Waals surface area contributed by atoms with Crippen molar-refractivity contribution >= 4 is 17.9 Å². The van der Waals surface area contributed by atoms with Gasteiger partial charge in [-0.15, -0.1) is 0 Å². The van der Waals surface area contributed by atoms with Gasteiger partial charge in [-0.3, -0.25) is 9.59 Å². The summed E-state index contributed by atoms with van der Waals surface area (Å²) in [5.74, 6) is -2.30. The van der Waals surface area contributed by atoms with Crippen LogP contribution in [0.25, 0.3) is 0 Å². The van der Waals surface area contributed by atoms with E-state index in [1.165, 1.54) is 103 Å². The van der Waals surface area contributed by atoms with Gasteiger partial charge in [0.1, 0.15) is 13.2 Å². The molecule has 0 rings (SSSR count). The average Bonchev–Trinajstić information content (AvgIpc) is 3.19. The van der Waals surface area contributed by atoms with Gasteiger partial charge in [-0.25, -0.2) is 0 Å². The molecule has 0 heterocycles. The maximum absolute atomic E-state index is 12.8. The third kappa shape index (κ3) is 43.4. The molecule has 0 aliphatic heterocycles. The number of carbonyl (C=O) groups excluding carboxylic acids is 3. The Labute approximate surface area is 362 Å². The van der Waals surface area contributed by atoms with Gasteiger partial charge in [-0.1, -0.05) is 159 Å². The standard InChI is InChI=1S/C50H91NO8/c1-6-8-10-12-14-16-18-20-21-22-23-24-25-26-27-29-31-33-35-37-39-41-48(53)59-46(45-58-50(49(54)55)56-43-42-51(3,4)5)44-57-47(52)40-38-36-34-32-30-28-19-17-15-13-11-9-7-2/h17-20,22-23,46,50H,6-16,21,24-45H2,1-5H3/b19-17-,20-18-,23-22-. The third-order valence-electron chi connectivity index (χ3n) is 10.4. The molecule has 0 aromatic carbocycles. The number of carboxylic acid groups (broad SMARTS) is 1. The van der Waals surface area contributed by atoms with E-state index in [-0.39, 0.29) is 38.6 Å². The smallest absolute Gasteiger partial charge is 0.306 e. The van der Waals surface area contributed by atoms with Gasteiger partial charge < -0.3 is 33.3 Å². The maximum Gasteiger partial charge on any atom is 0.306 e. The number of aliphatic carboxylic acids is 1. The number of unbranched alkanes of at least 4 members (excludes halogenated alkanes) is 23. The van der Waals surface area contributed by atoms with Gasteiger partial charge in [0.15, 0.2) is 12.4 Å². The number of esters is 2. The molecular weight excluding hydrogens is 743 g/mol. The van der Waals surface area contributed by atoms with Crippen LogP contribution in [-0.4, -0.2) is 82.3 Å². The van der Waals surface area contributed by atoms with Gasteiger partial charge in [0.25, 0.3) is 0 Å². The fraction of sp³-hybridized carbons (Fsp3) is 0.820. The highest BCUT2D eigenvalue weighted by atomic mass is 16.7. The van der Waals surface area contributed by atoms with E-state index in [9.17, 15) is 19.5 Å². The second kappa shape index (κ2) is 42.2. The Kier molecular flexibility index (Phi) is 40.4. The fourth-order valence-electron chi connectivity index (χ4n) is 6.56. The number of ether oxygens (including phenoxy) is 4. The van der Waals surface area contributed by atoms with E-state index in [1.807, 2.05) is 21.1 Å². The van der Waals surface area contributed by atoms with Crippen molar-refractivity contribution in [3.05, 3.63) is 36.5 Å². The summed E-state index contributed by atoms with van der Waals surface area (Å²) in [4.78, 5) is 37.0. The summed E-state index contributed by atoms with van der Waals surface area (Å²) in [6.45, 7) is 4.70. The molecule has 0 spiro atoms. The number of allylic oxidation sites excluding steroid dienone is 6. The Morgan fingerprint density at radius 2 is 0.915 bits per heavy atom. The van der Waals surface area contributed by atoms with Gasteiger partial charge >= 0.3 is 11.9 Å². The summed E-state index contributed by atoms with van der Waals surface area (Å²) < 4.78 is 22.6. The van der Waals surface area contributed by atoms with E-state index < -0.39 is 24.3 Å². The minimum absolute atomic E-state index is 0.145. The number of hydrogen-bond donors (Lipinski definition) is 0. The van der Waals surface area contributed by atoms with Crippen molar-refractivity contribution in [1.29, 1.82) is 0 Å². The second-order valence-electron chi connectivity index (χ2n) is 17.4. The van der Waals surface area contributed by atoms with Crippen LogP contribution >= 0.6 is 0 Å². The monoisotopic (exact) mass is 834 g/mol. The van der Waals surface area contributed by atoms with Crippen LogP contribution in [0.2, 0.25) is 0 Å². The zero-order valence-corrected chi connectivity index (χ0v) is 38.9. The van der Waals surface area contributed by atoms with Crippen molar-refractivity contribution in [1.82, 2.24) is 0 Å². The van der Waals surface area contributed by atoms with E-state index in [0.717, 1.165) is 70.6 Å². The maximum atomic E-state index is 12.8. The lowest BCUT2D eigenvalue weighted by molar-refractivity contribution is -0.870. The first-order chi connectivity index (χ1) is 28.6. The Hall–Kier alpha value is -2.49. The minimum Gasteiger partial charge on any atom is -0.545 e. The van der Waals surface area contributed by atoms with E-state index in [1.54, 1.807) is 0 Å². The van der Waals surface area contributed by atoms with Gasteiger partial charge in [-0.05, 0) is 70.6 Å². The fourth-order valence-corrected chi connectivity index (χ4v) is 6.56. The van der Waals surface area contributed by atoms with Crippen LogP contribution < -0.4 is 5.11 Å². The van der Waals surface area contributed by atoms with Gasteiger partial charge in [-0.2, -0.15) is 0 Å². The predicted molar refractivity (Wildman–Crippen MR) is 242 cm³/mol. The Bertz CT molecular complexity index is 1070. The molecule has 2 unspecified atom stereocenters. The van der Waals surface area contributed by atoms with Crippen molar-refractivity contribution < 1.29 is 42.9 Å². The van der Waals surface area contributed by atoms with Crippen LogP contribution in [-0.2, 0) is 33.3 Å². The average molecular weight is 834 g/mol. The summed E-state index contributed by atoms with van der Waals surface area (Å²) >= 11 is 0. The molecule has 0 aromatic heterocycles. The molecular formula is C50H91NO8. The largest absolute Gasteiger partial charge is 0.545 e. The molecule has 0 aromatic rings. The SMILES string of the molecule is CCCCCC/C=C\CCCCCCCC(=O)OCC(COC(OCC[N+](C)(C)C)C(=O)[O-])OC(=O)CCCCCCCCCCC/C=C\C/C=C\CCCCCCC. The molecule has 9 nitrogen and oxygen atoms in total. The molecule has 0 N–H and O–H groups in total. The molecule has 9 heteroatoms. The summed E-state index contributed by atoms with van der Waals surface area (Å²) in [5, 5.41) is 11.7. The van der Waals surface area contributed by atoms with Gasteiger partial charge in [0, 0.05) is 12.8 Å². The first kappa shape index (κ1) is 56.5. The summed E-state index contributed by atoms with van der Waals surface area (Å²) in [6, 6.07) is 0. The lowest BCUT2D eigenvalue weighted by atomic mass is 10.1. The Morgan fingerprint density at radius 1 is 0.508 bits per heavy atom. The summed E-state index contributed by atoms with van der Waals surface area (Å²) in [5.41, 5.74) is 0. The van der Waals surface area contributed by atoms with Crippen LogP contribution in [0.3, 0.4) is 0 Å². The van der Waals surface area contributed by atoms with Crippen molar-refractivity contribution in [2.75, 3.05) is 47.5 Å². The number of carboxylic acids is 1. The molecule has 0 radical (unpaired) electrons. The van der Waals surface area contributed by atoms with Crippen molar-refractivity contribution in [2.24, 2.45) is 0 Å². The zero-order chi connectivity index (χ0) is 43.5. The predicted octanol–water partition coefficient (Wildman–Crippen LogP) is 11.7. The molecule has 2 atom stereocenters. The molecule has 344 valence electrons. The van der Waals surface area contributed by atoms with Crippen molar-refractivity contribution in [2.45, 2.75) is 219 Å². The first-order valence-electron chi connectivity index (χ1n) is 24.1. The quantitative estimate of drug-likeness (QED) is 0.0196. The summed E-state index contributed by atoms with van der Waals surface area (Å²) in [7, 11) is 5.91. The van der Waals surface area contributed by atoms with Crippen LogP contribution in [0.4, 0.5) is 0 Å². The molecule has 0 amide bonds. The zero-order valence-electron chi connectivity index (χ0n) is 38.9. The highest BCUT2D eigenvalue weighted by Gasteiger charge is 2.21. The van der Waals surface area contributed by atoms with Crippen molar-refractivity contribution in [3.8, 4) is 0 Å². The van der Waals surface area contributed by atoms with Crippen LogP contribution in [0, 0.1) is 0 Å². The number of hydrogen-bond acceptors (Lipinski definition) is 8. The van der Waals surface area contributed by atoms with Gasteiger partial charge in [0.05, 0.1) is 40.3 Å². The van der Waals surface area contributed by atoms with E-state index >= 15 is 0 Å². The van der Waals surface area contributed by atoms with Gasteiger partial charge in [0.2, 0.25) is 0 Å². The normalized spacial score (nSPS) is 13.2. The Balaban J connectivity index is 4.37. The number of likely N-dealkylation sites (N-methyl/N-ethyl adjacent to an activating group) is 1. The van der Waals surface area contributed by atoms with Crippen LogP contribution in [0.5, 0.6) is 0 Å². The van der Waals surface area contributed by atoms with Crippen LogP contribution in [0.1, 0.15) is 206 Å². The highest BCUT2D eigenvalue weighted by Crippen LogP contribution is 2.14. The molecule has 0 fully saturated rings. The molecule has 0 bridgehead atoms.